The Bertz CT molecular complexity index is 1170. The van der Waals surface area contributed by atoms with Gasteiger partial charge in [-0.15, -0.1) is 0 Å². The number of unbranched alkanes of at least 4 members (excludes halogenated alkanes) is 4. The van der Waals surface area contributed by atoms with Gasteiger partial charge >= 0.3 is 6.09 Å². The van der Waals surface area contributed by atoms with Crippen LogP contribution >= 0.6 is 0 Å². The highest BCUT2D eigenvalue weighted by atomic mass is 16.6. The number of benzene rings is 3. The molecule has 0 saturated heterocycles. The summed E-state index contributed by atoms with van der Waals surface area (Å²) in [4.78, 5) is 22.3. The highest BCUT2D eigenvalue weighted by Crippen LogP contribution is 2.30. The molecule has 0 bridgehead atoms. The first-order valence-electron chi connectivity index (χ1n) is 13.0. The minimum Gasteiger partial charge on any atom is -0.493 e. The summed E-state index contributed by atoms with van der Waals surface area (Å²) in [5.41, 5.74) is 3.71. The Morgan fingerprint density at radius 3 is 1.84 bits per heavy atom. The standard InChI is InChI=1S/C31H35N3O3/c1-31(33-28(24-16-8-6-9-17-24)29(34-31)25-18-10-7-11-19-25)22-14-4-3-5-15-23-32-30(35)37-27-21-13-12-20-26(27)36-2/h6-13,16-21H,3-5,14-15,22-23H2,1-2H3,(H,32,35). The maximum absolute atomic E-state index is 12.0. The maximum atomic E-state index is 12.0. The number of nitrogens with zero attached hydrogens (tertiary/aromatic N) is 2. The second-order valence-corrected chi connectivity index (χ2v) is 9.35. The zero-order chi connectivity index (χ0) is 25.9. The van der Waals surface area contributed by atoms with Crippen LogP contribution in [0.4, 0.5) is 4.79 Å². The highest BCUT2D eigenvalue weighted by Gasteiger charge is 2.32. The Morgan fingerprint density at radius 1 is 0.730 bits per heavy atom. The topological polar surface area (TPSA) is 72.3 Å². The van der Waals surface area contributed by atoms with Crippen LogP contribution in [-0.2, 0) is 0 Å². The molecule has 6 nitrogen and oxygen atoms in total. The summed E-state index contributed by atoms with van der Waals surface area (Å²) in [7, 11) is 1.55. The number of rotatable bonds is 12. The molecule has 1 amide bonds. The van der Waals surface area contributed by atoms with Crippen molar-refractivity contribution in [2.75, 3.05) is 13.7 Å². The summed E-state index contributed by atoms with van der Waals surface area (Å²) in [6, 6.07) is 27.7. The fourth-order valence-electron chi connectivity index (χ4n) is 4.46. The van der Waals surface area contributed by atoms with Crippen LogP contribution in [0.15, 0.2) is 94.9 Å². The number of carbonyl (C=O) groups excluding carboxylic acids is 1. The third-order valence-corrected chi connectivity index (χ3v) is 6.39. The molecule has 0 spiro atoms. The number of nitrogens with one attached hydrogen (secondary N) is 1. The molecule has 0 unspecified atom stereocenters. The van der Waals surface area contributed by atoms with Crippen molar-refractivity contribution >= 4 is 17.5 Å². The molecule has 0 atom stereocenters. The van der Waals surface area contributed by atoms with E-state index >= 15 is 0 Å². The number of hydrogen-bond acceptors (Lipinski definition) is 5. The van der Waals surface area contributed by atoms with Crippen LogP contribution in [0.1, 0.15) is 56.6 Å². The summed E-state index contributed by atoms with van der Waals surface area (Å²) in [5.74, 6) is 0.952. The van der Waals surface area contributed by atoms with Gasteiger partial charge in [-0.25, -0.2) is 4.79 Å². The third-order valence-electron chi connectivity index (χ3n) is 6.39. The smallest absolute Gasteiger partial charge is 0.412 e. The van der Waals surface area contributed by atoms with E-state index in [0.29, 0.717) is 18.0 Å². The number of carbonyl (C=O) groups is 1. The van der Waals surface area contributed by atoms with Crippen LogP contribution in [0.5, 0.6) is 11.5 Å². The number of para-hydroxylation sites is 2. The molecular weight excluding hydrogens is 462 g/mol. The molecule has 0 aliphatic carbocycles. The van der Waals surface area contributed by atoms with Gasteiger partial charge in [0.1, 0.15) is 5.66 Å². The Balaban J connectivity index is 1.20. The molecule has 1 N–H and O–H groups in total. The quantitative estimate of drug-likeness (QED) is 0.279. The monoisotopic (exact) mass is 497 g/mol. The van der Waals surface area contributed by atoms with E-state index in [2.05, 4.69) is 36.5 Å². The van der Waals surface area contributed by atoms with Crippen LogP contribution in [-0.4, -0.2) is 36.8 Å². The lowest BCUT2D eigenvalue weighted by Gasteiger charge is -2.17. The summed E-state index contributed by atoms with van der Waals surface area (Å²) in [6.45, 7) is 2.71. The second kappa shape index (κ2) is 12.9. The molecule has 0 radical (unpaired) electrons. The van der Waals surface area contributed by atoms with Gasteiger partial charge in [-0.2, -0.15) is 0 Å². The van der Waals surface area contributed by atoms with Gasteiger partial charge in [0.05, 0.1) is 18.5 Å². The average molecular weight is 498 g/mol. The molecule has 37 heavy (non-hydrogen) atoms. The molecule has 3 aromatic carbocycles. The molecule has 1 aliphatic rings. The molecule has 1 heterocycles. The first-order valence-corrected chi connectivity index (χ1v) is 13.0. The van der Waals surface area contributed by atoms with Crippen molar-refractivity contribution in [3.63, 3.8) is 0 Å². The van der Waals surface area contributed by atoms with Crippen molar-refractivity contribution in [3.05, 3.63) is 96.1 Å². The third kappa shape index (κ3) is 7.29. The predicted octanol–water partition coefficient (Wildman–Crippen LogP) is 6.83. The largest absolute Gasteiger partial charge is 0.493 e. The van der Waals surface area contributed by atoms with E-state index in [1.54, 1.807) is 25.3 Å². The first kappa shape index (κ1) is 26.1. The Labute approximate surface area is 219 Å². The van der Waals surface area contributed by atoms with Crippen molar-refractivity contribution in [2.45, 2.75) is 51.1 Å². The van der Waals surface area contributed by atoms with Crippen LogP contribution in [0.25, 0.3) is 0 Å². The predicted molar refractivity (Wildman–Crippen MR) is 149 cm³/mol. The van der Waals surface area contributed by atoms with Gasteiger partial charge in [0.15, 0.2) is 11.5 Å². The van der Waals surface area contributed by atoms with Gasteiger partial charge in [0.25, 0.3) is 0 Å². The summed E-state index contributed by atoms with van der Waals surface area (Å²) >= 11 is 0. The van der Waals surface area contributed by atoms with E-state index in [9.17, 15) is 4.79 Å². The van der Waals surface area contributed by atoms with Gasteiger partial charge < -0.3 is 14.8 Å². The number of amides is 1. The van der Waals surface area contributed by atoms with E-state index in [-0.39, 0.29) is 0 Å². The van der Waals surface area contributed by atoms with Crippen molar-refractivity contribution in [1.29, 1.82) is 0 Å². The zero-order valence-electron chi connectivity index (χ0n) is 21.7. The van der Waals surface area contributed by atoms with Crippen LogP contribution < -0.4 is 14.8 Å². The molecular formula is C31H35N3O3. The van der Waals surface area contributed by atoms with Gasteiger partial charge in [-0.05, 0) is 38.3 Å². The highest BCUT2D eigenvalue weighted by molar-refractivity contribution is 6.54. The lowest BCUT2D eigenvalue weighted by atomic mass is 10.0. The van der Waals surface area contributed by atoms with Gasteiger partial charge in [0.2, 0.25) is 0 Å². The van der Waals surface area contributed by atoms with Crippen LogP contribution in [0, 0.1) is 0 Å². The average Bonchev–Trinajstić information content (AvgIpc) is 3.29. The molecule has 6 heteroatoms. The van der Waals surface area contributed by atoms with E-state index in [1.165, 1.54) is 0 Å². The minimum absolute atomic E-state index is 0.416. The molecule has 0 fully saturated rings. The number of aliphatic imine (C=N–C) groups is 2. The number of hydrogen-bond donors (Lipinski definition) is 1. The zero-order valence-corrected chi connectivity index (χ0v) is 21.7. The molecule has 0 aromatic heterocycles. The van der Waals surface area contributed by atoms with Crippen molar-refractivity contribution in [1.82, 2.24) is 5.32 Å². The molecule has 3 aromatic rings. The normalized spacial score (nSPS) is 14.0. The minimum atomic E-state index is -0.460. The number of ether oxygens (including phenoxy) is 2. The molecule has 0 saturated carbocycles. The Kier molecular flexibility index (Phi) is 9.08. The molecule has 4 rings (SSSR count). The van der Waals surface area contributed by atoms with E-state index < -0.39 is 11.8 Å². The summed E-state index contributed by atoms with van der Waals surface area (Å²) in [5, 5.41) is 2.81. The fraction of sp³-hybridized carbons (Fsp3) is 0.323. The summed E-state index contributed by atoms with van der Waals surface area (Å²) < 4.78 is 10.5. The fourth-order valence-corrected chi connectivity index (χ4v) is 4.46. The Hall–Kier alpha value is -3.93. The first-order chi connectivity index (χ1) is 18.1. The molecule has 1 aliphatic heterocycles. The van der Waals surface area contributed by atoms with Gasteiger partial charge in [-0.3, -0.25) is 9.98 Å². The molecule has 192 valence electrons. The van der Waals surface area contributed by atoms with Gasteiger partial charge in [-0.1, -0.05) is 92.1 Å². The van der Waals surface area contributed by atoms with Crippen molar-refractivity contribution in [2.24, 2.45) is 9.98 Å². The summed E-state index contributed by atoms with van der Waals surface area (Å²) in [6.07, 6.45) is 5.66. The maximum Gasteiger partial charge on any atom is 0.412 e. The van der Waals surface area contributed by atoms with E-state index in [1.807, 2.05) is 42.5 Å². The lowest BCUT2D eigenvalue weighted by Crippen LogP contribution is -2.27. The van der Waals surface area contributed by atoms with Gasteiger partial charge in [0, 0.05) is 17.7 Å². The van der Waals surface area contributed by atoms with Crippen LogP contribution in [0.3, 0.4) is 0 Å². The van der Waals surface area contributed by atoms with Crippen molar-refractivity contribution in [3.8, 4) is 11.5 Å². The second-order valence-electron chi connectivity index (χ2n) is 9.35. The van der Waals surface area contributed by atoms with Crippen molar-refractivity contribution < 1.29 is 14.3 Å². The van der Waals surface area contributed by atoms with E-state index in [4.69, 9.17) is 19.5 Å². The van der Waals surface area contributed by atoms with E-state index in [0.717, 1.165) is 61.1 Å². The number of methoxy groups -OCH3 is 1. The van der Waals surface area contributed by atoms with Crippen LogP contribution in [0.2, 0.25) is 0 Å². The lowest BCUT2D eigenvalue weighted by molar-refractivity contribution is 0.198. The SMILES string of the molecule is COc1ccccc1OC(=O)NCCCCCCCC1(C)N=C(c2ccccc2)C(c2ccccc2)=N1. The Morgan fingerprint density at radius 2 is 1.24 bits per heavy atom.